The molecule has 0 saturated heterocycles. The molecular formula is C12H20N2OS. The van der Waals surface area contributed by atoms with E-state index in [0.717, 1.165) is 19.4 Å². The van der Waals surface area contributed by atoms with Gasteiger partial charge in [0.05, 0.1) is 0 Å². The summed E-state index contributed by atoms with van der Waals surface area (Å²) in [6.45, 7) is 3.08. The molecule has 0 aliphatic heterocycles. The third kappa shape index (κ3) is 5.28. The van der Waals surface area contributed by atoms with E-state index >= 15 is 0 Å². The van der Waals surface area contributed by atoms with E-state index in [2.05, 4.69) is 34.4 Å². The van der Waals surface area contributed by atoms with Crippen molar-refractivity contribution in [2.45, 2.75) is 32.2 Å². The molecule has 0 aliphatic carbocycles. The molecule has 1 heterocycles. The lowest BCUT2D eigenvalue weighted by Gasteiger charge is -2.12. The van der Waals surface area contributed by atoms with Gasteiger partial charge in [0.15, 0.2) is 0 Å². The van der Waals surface area contributed by atoms with E-state index < -0.39 is 0 Å². The monoisotopic (exact) mass is 240 g/mol. The van der Waals surface area contributed by atoms with Gasteiger partial charge in [-0.25, -0.2) is 0 Å². The highest BCUT2D eigenvalue weighted by Gasteiger charge is 2.03. The Morgan fingerprint density at radius 2 is 2.38 bits per heavy atom. The van der Waals surface area contributed by atoms with Crippen LogP contribution in [0.3, 0.4) is 0 Å². The summed E-state index contributed by atoms with van der Waals surface area (Å²) >= 11 is 1.74. The third-order valence-electron chi connectivity index (χ3n) is 2.47. The van der Waals surface area contributed by atoms with Crippen molar-refractivity contribution in [1.29, 1.82) is 0 Å². The Bertz CT molecular complexity index is 298. The molecule has 2 N–H and O–H groups in total. The molecule has 0 aliphatic rings. The number of thiophene rings is 1. The number of nitrogens with one attached hydrogen (secondary N) is 2. The lowest BCUT2D eigenvalue weighted by Crippen LogP contribution is -2.29. The molecule has 1 amide bonds. The van der Waals surface area contributed by atoms with Crippen molar-refractivity contribution >= 4 is 17.2 Å². The van der Waals surface area contributed by atoms with E-state index in [9.17, 15) is 4.79 Å². The summed E-state index contributed by atoms with van der Waals surface area (Å²) < 4.78 is 0. The molecule has 0 radical (unpaired) electrons. The van der Waals surface area contributed by atoms with Crippen LogP contribution in [0.1, 0.15) is 25.3 Å². The maximum atomic E-state index is 11.0. The van der Waals surface area contributed by atoms with Crippen LogP contribution in [0.15, 0.2) is 16.8 Å². The largest absolute Gasteiger partial charge is 0.359 e. The maximum Gasteiger partial charge on any atom is 0.219 e. The zero-order valence-corrected chi connectivity index (χ0v) is 10.8. The smallest absolute Gasteiger partial charge is 0.219 e. The third-order valence-corrected chi connectivity index (χ3v) is 3.21. The molecule has 3 nitrogen and oxygen atoms in total. The zero-order valence-electron chi connectivity index (χ0n) is 9.95. The fourth-order valence-corrected chi connectivity index (χ4v) is 2.24. The van der Waals surface area contributed by atoms with Crippen LogP contribution in [0, 0.1) is 0 Å². The van der Waals surface area contributed by atoms with E-state index in [1.165, 1.54) is 5.56 Å². The Kier molecular flexibility index (Phi) is 6.11. The van der Waals surface area contributed by atoms with Crippen molar-refractivity contribution in [2.24, 2.45) is 0 Å². The van der Waals surface area contributed by atoms with Gasteiger partial charge in [0.1, 0.15) is 0 Å². The van der Waals surface area contributed by atoms with Gasteiger partial charge in [-0.15, -0.1) is 0 Å². The van der Waals surface area contributed by atoms with E-state index in [1.807, 2.05) is 0 Å². The molecule has 0 saturated carbocycles. The maximum absolute atomic E-state index is 11.0. The predicted molar refractivity (Wildman–Crippen MR) is 68.8 cm³/mol. The van der Waals surface area contributed by atoms with Crippen LogP contribution >= 0.6 is 11.3 Å². The number of rotatable bonds is 7. The van der Waals surface area contributed by atoms with Crippen LogP contribution in [0.5, 0.6) is 0 Å². The number of amides is 1. The van der Waals surface area contributed by atoms with E-state index in [1.54, 1.807) is 18.4 Å². The summed E-state index contributed by atoms with van der Waals surface area (Å²) in [4.78, 5) is 11.0. The molecule has 0 fully saturated rings. The molecule has 0 bridgehead atoms. The molecule has 0 aromatic carbocycles. The van der Waals surface area contributed by atoms with Gasteiger partial charge in [-0.2, -0.15) is 11.3 Å². The Hall–Kier alpha value is -0.870. The molecule has 1 atom stereocenters. The van der Waals surface area contributed by atoms with Crippen LogP contribution in [-0.2, 0) is 11.2 Å². The summed E-state index contributed by atoms with van der Waals surface area (Å²) in [5, 5.41) is 10.3. The highest BCUT2D eigenvalue weighted by atomic mass is 32.1. The second kappa shape index (κ2) is 7.41. The van der Waals surface area contributed by atoms with Crippen LogP contribution < -0.4 is 10.6 Å². The summed E-state index contributed by atoms with van der Waals surface area (Å²) in [6, 6.07) is 2.63. The Labute approximate surface area is 101 Å². The van der Waals surface area contributed by atoms with Gasteiger partial charge < -0.3 is 10.6 Å². The Morgan fingerprint density at radius 1 is 1.56 bits per heavy atom. The fraction of sp³-hybridized carbons (Fsp3) is 0.583. The van der Waals surface area contributed by atoms with Gasteiger partial charge in [0.2, 0.25) is 5.91 Å². The van der Waals surface area contributed by atoms with Gasteiger partial charge >= 0.3 is 0 Å². The highest BCUT2D eigenvalue weighted by molar-refractivity contribution is 7.07. The quantitative estimate of drug-likeness (QED) is 0.714. The lowest BCUT2D eigenvalue weighted by molar-refractivity contribution is -0.120. The lowest BCUT2D eigenvalue weighted by atomic mass is 10.1. The summed E-state index contributed by atoms with van der Waals surface area (Å²) in [6.07, 6.45) is 2.56. The van der Waals surface area contributed by atoms with Crippen molar-refractivity contribution in [2.75, 3.05) is 13.6 Å². The second-order valence-corrected chi connectivity index (χ2v) is 4.75. The molecule has 1 unspecified atom stereocenters. The average molecular weight is 240 g/mol. The highest BCUT2D eigenvalue weighted by Crippen LogP contribution is 2.08. The van der Waals surface area contributed by atoms with Crippen molar-refractivity contribution in [3.8, 4) is 0 Å². The summed E-state index contributed by atoms with van der Waals surface area (Å²) in [5.41, 5.74) is 1.39. The molecule has 0 spiro atoms. The number of hydrogen-bond acceptors (Lipinski definition) is 3. The minimum atomic E-state index is 0.118. The van der Waals surface area contributed by atoms with Crippen LogP contribution in [0.25, 0.3) is 0 Å². The molecule has 4 heteroatoms. The standard InChI is InChI=1S/C12H20N2OS/c1-10(8-11-5-7-16-9-11)14-6-3-4-12(15)13-2/h5,7,9-10,14H,3-4,6,8H2,1-2H3,(H,13,15). The second-order valence-electron chi connectivity index (χ2n) is 3.97. The van der Waals surface area contributed by atoms with Crippen LogP contribution in [0.2, 0.25) is 0 Å². The zero-order chi connectivity index (χ0) is 11.8. The molecular weight excluding hydrogens is 220 g/mol. The van der Waals surface area contributed by atoms with Crippen LogP contribution in [-0.4, -0.2) is 25.5 Å². The number of hydrogen-bond donors (Lipinski definition) is 2. The van der Waals surface area contributed by atoms with E-state index in [0.29, 0.717) is 12.5 Å². The average Bonchev–Trinajstić information content (AvgIpc) is 2.76. The van der Waals surface area contributed by atoms with Gasteiger partial charge in [-0.3, -0.25) is 4.79 Å². The van der Waals surface area contributed by atoms with Crippen molar-refractivity contribution in [1.82, 2.24) is 10.6 Å². The molecule has 90 valence electrons. The van der Waals surface area contributed by atoms with Gasteiger partial charge in [0, 0.05) is 19.5 Å². The van der Waals surface area contributed by atoms with Gasteiger partial charge in [0.25, 0.3) is 0 Å². The topological polar surface area (TPSA) is 41.1 Å². The SMILES string of the molecule is CNC(=O)CCCNC(C)Cc1ccsc1. The predicted octanol–water partition coefficient (Wildman–Crippen LogP) is 1.79. The van der Waals surface area contributed by atoms with E-state index in [4.69, 9.17) is 0 Å². The van der Waals surface area contributed by atoms with Gasteiger partial charge in [-0.1, -0.05) is 0 Å². The first-order valence-electron chi connectivity index (χ1n) is 5.67. The normalized spacial score (nSPS) is 12.4. The summed E-state index contributed by atoms with van der Waals surface area (Å²) in [7, 11) is 1.68. The molecule has 16 heavy (non-hydrogen) atoms. The minimum Gasteiger partial charge on any atom is -0.359 e. The Morgan fingerprint density at radius 3 is 3.00 bits per heavy atom. The van der Waals surface area contributed by atoms with Crippen molar-refractivity contribution in [3.05, 3.63) is 22.4 Å². The first kappa shape index (κ1) is 13.2. The summed E-state index contributed by atoms with van der Waals surface area (Å²) in [5.74, 6) is 0.118. The van der Waals surface area contributed by atoms with Crippen LogP contribution in [0.4, 0.5) is 0 Å². The number of carbonyl (C=O) groups is 1. The van der Waals surface area contributed by atoms with Crippen molar-refractivity contribution < 1.29 is 4.79 Å². The first-order chi connectivity index (χ1) is 7.72. The van der Waals surface area contributed by atoms with Gasteiger partial charge in [-0.05, 0) is 48.7 Å². The molecule has 1 rings (SSSR count). The fourth-order valence-electron chi connectivity index (χ4n) is 1.56. The molecule has 1 aromatic heterocycles. The van der Waals surface area contributed by atoms with Crippen molar-refractivity contribution in [3.63, 3.8) is 0 Å². The molecule has 1 aromatic rings. The minimum absolute atomic E-state index is 0.118. The first-order valence-corrected chi connectivity index (χ1v) is 6.61. The Balaban J connectivity index is 2.06. The number of carbonyl (C=O) groups excluding carboxylic acids is 1. The van der Waals surface area contributed by atoms with E-state index in [-0.39, 0.29) is 5.91 Å².